The number of methoxy groups -OCH3 is 2. The fraction of sp³-hybridized carbons (Fsp3) is 0.0870. The molecule has 0 radical (unpaired) electrons. The van der Waals surface area contributed by atoms with E-state index in [1.54, 1.807) is 25.0 Å². The Balaban J connectivity index is 1.85. The summed E-state index contributed by atoms with van der Waals surface area (Å²) >= 11 is 0. The smallest absolute Gasteiger partial charge is 0.125 e. The molecule has 1 heterocycles. The minimum Gasteiger partial charge on any atom is -0.497 e. The van der Waals surface area contributed by atoms with Gasteiger partial charge in [-0.05, 0) is 72.8 Å². The van der Waals surface area contributed by atoms with Gasteiger partial charge in [0.2, 0.25) is 0 Å². The van der Waals surface area contributed by atoms with Crippen molar-refractivity contribution in [2.75, 3.05) is 14.2 Å². The number of rotatable bonds is 5. The molecule has 0 aliphatic heterocycles. The highest BCUT2D eigenvalue weighted by molar-refractivity contribution is 5.71. The predicted octanol–water partition coefficient (Wildman–Crippen LogP) is 5.36. The second-order valence-corrected chi connectivity index (χ2v) is 6.26. The fourth-order valence-electron chi connectivity index (χ4n) is 3.06. The first kappa shape index (κ1) is 17.8. The monoisotopic (exact) mass is 374 g/mol. The summed E-state index contributed by atoms with van der Waals surface area (Å²) in [4.78, 5) is 0. The number of ether oxygens (including phenoxy) is 2. The maximum absolute atomic E-state index is 13.8. The van der Waals surface area contributed by atoms with E-state index in [0.717, 1.165) is 34.0 Å². The summed E-state index contributed by atoms with van der Waals surface area (Å²) < 4.78 is 26.1. The number of hydrogen-bond donors (Lipinski definition) is 0. The van der Waals surface area contributed by atoms with Gasteiger partial charge in [0.25, 0.3) is 0 Å². The van der Waals surface area contributed by atoms with Gasteiger partial charge in [-0.1, -0.05) is 6.07 Å². The van der Waals surface area contributed by atoms with Crippen molar-refractivity contribution in [3.63, 3.8) is 0 Å². The van der Waals surface area contributed by atoms with Crippen molar-refractivity contribution in [1.82, 2.24) is 9.78 Å². The van der Waals surface area contributed by atoms with Gasteiger partial charge in [-0.2, -0.15) is 5.10 Å². The van der Waals surface area contributed by atoms with Crippen molar-refractivity contribution in [3.8, 4) is 39.7 Å². The molecular formula is C23H19FN2O2. The molecule has 0 aliphatic carbocycles. The van der Waals surface area contributed by atoms with Crippen LogP contribution in [0.2, 0.25) is 0 Å². The fourth-order valence-corrected chi connectivity index (χ4v) is 3.06. The van der Waals surface area contributed by atoms with Crippen molar-refractivity contribution >= 4 is 0 Å². The third kappa shape index (κ3) is 3.47. The van der Waals surface area contributed by atoms with Gasteiger partial charge in [0, 0.05) is 11.1 Å². The molecule has 0 saturated heterocycles. The van der Waals surface area contributed by atoms with E-state index in [0.29, 0.717) is 5.69 Å². The molecule has 0 bridgehead atoms. The lowest BCUT2D eigenvalue weighted by atomic mass is 10.1. The lowest BCUT2D eigenvalue weighted by molar-refractivity contribution is 0.414. The van der Waals surface area contributed by atoms with Crippen LogP contribution in [0.5, 0.6) is 11.5 Å². The quantitative estimate of drug-likeness (QED) is 0.472. The second-order valence-electron chi connectivity index (χ2n) is 6.26. The highest BCUT2D eigenvalue weighted by Crippen LogP contribution is 2.30. The first-order chi connectivity index (χ1) is 13.7. The molecule has 140 valence electrons. The van der Waals surface area contributed by atoms with Crippen molar-refractivity contribution in [2.45, 2.75) is 0 Å². The zero-order valence-corrected chi connectivity index (χ0v) is 15.6. The van der Waals surface area contributed by atoms with Crippen molar-refractivity contribution < 1.29 is 13.9 Å². The second kappa shape index (κ2) is 7.56. The molecule has 0 unspecified atom stereocenters. The van der Waals surface area contributed by atoms with Crippen LogP contribution in [0.3, 0.4) is 0 Å². The van der Waals surface area contributed by atoms with Gasteiger partial charge in [-0.15, -0.1) is 0 Å². The lowest BCUT2D eigenvalue weighted by Crippen LogP contribution is -1.99. The average Bonchev–Trinajstić information content (AvgIpc) is 3.19. The van der Waals surface area contributed by atoms with Gasteiger partial charge in [0.15, 0.2) is 0 Å². The lowest BCUT2D eigenvalue weighted by Gasteiger charge is -2.08. The summed E-state index contributed by atoms with van der Waals surface area (Å²) in [5, 5.41) is 4.74. The van der Waals surface area contributed by atoms with E-state index in [-0.39, 0.29) is 5.82 Å². The van der Waals surface area contributed by atoms with Crippen LogP contribution in [0.1, 0.15) is 0 Å². The average molecular weight is 374 g/mol. The number of benzene rings is 3. The topological polar surface area (TPSA) is 36.3 Å². The maximum Gasteiger partial charge on any atom is 0.125 e. The first-order valence-corrected chi connectivity index (χ1v) is 8.83. The molecule has 0 amide bonds. The van der Waals surface area contributed by atoms with Crippen LogP contribution in [0.4, 0.5) is 4.39 Å². The molecule has 4 rings (SSSR count). The van der Waals surface area contributed by atoms with E-state index < -0.39 is 0 Å². The maximum atomic E-state index is 13.8. The van der Waals surface area contributed by atoms with Crippen molar-refractivity contribution in [2.24, 2.45) is 0 Å². The van der Waals surface area contributed by atoms with Crippen LogP contribution < -0.4 is 9.47 Å². The van der Waals surface area contributed by atoms with Gasteiger partial charge < -0.3 is 9.47 Å². The highest BCUT2D eigenvalue weighted by Gasteiger charge is 2.14. The van der Waals surface area contributed by atoms with Crippen LogP contribution in [-0.2, 0) is 0 Å². The molecule has 4 nitrogen and oxygen atoms in total. The Kier molecular flexibility index (Phi) is 4.81. The largest absolute Gasteiger partial charge is 0.497 e. The van der Waals surface area contributed by atoms with Crippen LogP contribution in [0, 0.1) is 5.82 Å². The van der Waals surface area contributed by atoms with Crippen LogP contribution in [0.15, 0.2) is 78.9 Å². The van der Waals surface area contributed by atoms with Gasteiger partial charge in [-0.3, -0.25) is 0 Å². The Labute approximate surface area is 162 Å². The van der Waals surface area contributed by atoms with Gasteiger partial charge in [-0.25, -0.2) is 9.07 Å². The molecule has 0 fully saturated rings. The summed E-state index contributed by atoms with van der Waals surface area (Å²) in [6.07, 6.45) is 0. The zero-order valence-electron chi connectivity index (χ0n) is 15.6. The SMILES string of the molecule is COc1ccc(-c2cc(-c3ccc(OC)cc3)n(-c3cccc(F)c3)n2)cc1. The molecule has 0 aliphatic rings. The molecule has 0 N–H and O–H groups in total. The predicted molar refractivity (Wildman–Crippen MR) is 107 cm³/mol. The number of halogens is 1. The van der Waals surface area contributed by atoms with E-state index in [9.17, 15) is 4.39 Å². The Morgan fingerprint density at radius 2 is 1.36 bits per heavy atom. The minimum absolute atomic E-state index is 0.306. The van der Waals surface area contributed by atoms with E-state index in [2.05, 4.69) is 0 Å². The zero-order chi connectivity index (χ0) is 19.5. The minimum atomic E-state index is -0.306. The molecule has 5 heteroatoms. The third-order valence-corrected chi connectivity index (χ3v) is 4.53. The first-order valence-electron chi connectivity index (χ1n) is 8.83. The summed E-state index contributed by atoms with van der Waals surface area (Å²) in [7, 11) is 3.27. The summed E-state index contributed by atoms with van der Waals surface area (Å²) in [5.74, 6) is 1.25. The number of aromatic nitrogens is 2. The van der Waals surface area contributed by atoms with Crippen LogP contribution in [0.25, 0.3) is 28.2 Å². The molecule has 28 heavy (non-hydrogen) atoms. The standard InChI is InChI=1S/C23H19FN2O2/c1-27-20-10-6-16(7-11-20)22-15-23(17-8-12-21(28-2)13-9-17)26(25-22)19-5-3-4-18(24)14-19/h3-15H,1-2H3. The van der Waals surface area contributed by atoms with Gasteiger partial charge in [0.05, 0.1) is 31.3 Å². The molecule has 1 aromatic heterocycles. The molecule has 4 aromatic rings. The Bertz CT molecular complexity index is 1090. The molecule has 0 atom stereocenters. The van der Waals surface area contributed by atoms with Crippen molar-refractivity contribution in [3.05, 3.63) is 84.7 Å². The molecular weight excluding hydrogens is 355 g/mol. The Morgan fingerprint density at radius 1 is 0.750 bits per heavy atom. The van der Waals surface area contributed by atoms with E-state index >= 15 is 0 Å². The molecule has 0 spiro atoms. The summed E-state index contributed by atoms with van der Waals surface area (Å²) in [6, 6.07) is 23.8. The van der Waals surface area contributed by atoms with E-state index in [1.807, 2.05) is 60.7 Å². The number of nitrogens with zero attached hydrogens (tertiary/aromatic N) is 2. The van der Waals surface area contributed by atoms with Crippen LogP contribution in [-0.4, -0.2) is 24.0 Å². The van der Waals surface area contributed by atoms with Gasteiger partial charge in [0.1, 0.15) is 17.3 Å². The van der Waals surface area contributed by atoms with Gasteiger partial charge >= 0.3 is 0 Å². The van der Waals surface area contributed by atoms with Crippen LogP contribution >= 0.6 is 0 Å². The normalized spacial score (nSPS) is 10.7. The Hall–Kier alpha value is -3.60. The van der Waals surface area contributed by atoms with E-state index in [4.69, 9.17) is 14.6 Å². The number of hydrogen-bond acceptors (Lipinski definition) is 3. The summed E-state index contributed by atoms with van der Waals surface area (Å²) in [5.41, 5.74) is 4.21. The Morgan fingerprint density at radius 3 is 1.93 bits per heavy atom. The third-order valence-electron chi connectivity index (χ3n) is 4.53. The molecule has 3 aromatic carbocycles. The molecule has 0 saturated carbocycles. The van der Waals surface area contributed by atoms with E-state index in [1.165, 1.54) is 12.1 Å². The highest BCUT2D eigenvalue weighted by atomic mass is 19.1. The summed E-state index contributed by atoms with van der Waals surface area (Å²) in [6.45, 7) is 0. The van der Waals surface area contributed by atoms with Crippen molar-refractivity contribution in [1.29, 1.82) is 0 Å².